The molecule has 9 heteroatoms. The third kappa shape index (κ3) is 3.74. The maximum absolute atomic E-state index is 12.4. The second kappa shape index (κ2) is 7.40. The van der Waals surface area contributed by atoms with Gasteiger partial charge in [0.1, 0.15) is 10.5 Å². The molecule has 142 valence electrons. The third-order valence-electron chi connectivity index (χ3n) is 4.65. The predicted octanol–water partition coefficient (Wildman–Crippen LogP) is 2.55. The molecular formula is C18H18N2O5S2. The van der Waals surface area contributed by atoms with Crippen molar-refractivity contribution in [2.24, 2.45) is 0 Å². The van der Waals surface area contributed by atoms with Crippen LogP contribution in [0.25, 0.3) is 10.6 Å². The number of nitrogens with one attached hydrogen (secondary N) is 1. The summed E-state index contributed by atoms with van der Waals surface area (Å²) in [5, 5.41) is 14.9. The second-order valence-electron chi connectivity index (χ2n) is 6.44. The van der Waals surface area contributed by atoms with Crippen molar-refractivity contribution >= 4 is 35.0 Å². The fourth-order valence-electron chi connectivity index (χ4n) is 3.14. The van der Waals surface area contributed by atoms with Crippen LogP contribution in [0.2, 0.25) is 0 Å². The zero-order valence-corrected chi connectivity index (χ0v) is 16.0. The van der Waals surface area contributed by atoms with E-state index in [4.69, 9.17) is 9.47 Å². The van der Waals surface area contributed by atoms with Crippen LogP contribution in [0.3, 0.4) is 0 Å². The molecule has 0 aliphatic carbocycles. The molecule has 1 aromatic carbocycles. The van der Waals surface area contributed by atoms with Gasteiger partial charge in [0, 0.05) is 10.9 Å². The number of aliphatic carboxylic acids is 1. The van der Waals surface area contributed by atoms with Gasteiger partial charge in [-0.2, -0.15) is 11.8 Å². The number of hydrogen-bond acceptors (Lipinski definition) is 7. The number of carbonyl (C=O) groups is 2. The van der Waals surface area contributed by atoms with Gasteiger partial charge in [0.05, 0.1) is 12.1 Å². The predicted molar refractivity (Wildman–Crippen MR) is 102 cm³/mol. The van der Waals surface area contributed by atoms with Crippen molar-refractivity contribution in [1.29, 1.82) is 0 Å². The lowest BCUT2D eigenvalue weighted by Crippen LogP contribution is -2.56. The van der Waals surface area contributed by atoms with Crippen LogP contribution in [0.4, 0.5) is 0 Å². The van der Waals surface area contributed by atoms with Gasteiger partial charge in [-0.25, -0.2) is 9.78 Å². The average Bonchev–Trinajstić information content (AvgIpc) is 3.30. The highest BCUT2D eigenvalue weighted by atomic mass is 32.2. The van der Waals surface area contributed by atoms with Crippen molar-refractivity contribution in [3.8, 4) is 22.1 Å². The number of carbonyl (C=O) groups excluding carboxylic acids is 1. The van der Waals surface area contributed by atoms with Crippen LogP contribution in [0, 0.1) is 0 Å². The van der Waals surface area contributed by atoms with Gasteiger partial charge in [0.2, 0.25) is 12.7 Å². The van der Waals surface area contributed by atoms with E-state index in [9.17, 15) is 14.7 Å². The molecule has 2 aliphatic heterocycles. The van der Waals surface area contributed by atoms with E-state index in [2.05, 4.69) is 10.3 Å². The van der Waals surface area contributed by atoms with E-state index in [1.807, 2.05) is 23.6 Å². The number of benzene rings is 1. The number of rotatable bonds is 5. The summed E-state index contributed by atoms with van der Waals surface area (Å²) in [5.74, 6) is 1.58. The monoisotopic (exact) mass is 406 g/mol. The van der Waals surface area contributed by atoms with E-state index >= 15 is 0 Å². The molecule has 0 radical (unpaired) electrons. The summed E-state index contributed by atoms with van der Waals surface area (Å²) in [4.78, 5) is 28.6. The Labute approximate surface area is 164 Å². The van der Waals surface area contributed by atoms with E-state index in [1.54, 1.807) is 11.8 Å². The third-order valence-corrected chi connectivity index (χ3v) is 6.57. The Morgan fingerprint density at radius 1 is 1.22 bits per heavy atom. The first-order valence-electron chi connectivity index (χ1n) is 8.52. The lowest BCUT2D eigenvalue weighted by molar-refractivity contribution is -0.148. The minimum atomic E-state index is -1.15. The number of fused-ring (bicyclic) bond motifs is 1. The molecule has 0 unspecified atom stereocenters. The zero-order valence-electron chi connectivity index (χ0n) is 14.4. The molecule has 0 spiro atoms. The summed E-state index contributed by atoms with van der Waals surface area (Å²) < 4.78 is 10.7. The summed E-state index contributed by atoms with van der Waals surface area (Å²) in [7, 11) is 0. The Morgan fingerprint density at radius 2 is 2.00 bits per heavy atom. The Kier molecular flexibility index (Phi) is 4.96. The molecule has 1 saturated heterocycles. The number of thioether (sulfide) groups is 1. The quantitative estimate of drug-likeness (QED) is 0.787. The topological polar surface area (TPSA) is 97.8 Å². The molecule has 4 rings (SSSR count). The molecule has 7 nitrogen and oxygen atoms in total. The highest BCUT2D eigenvalue weighted by Gasteiger charge is 2.41. The van der Waals surface area contributed by atoms with Crippen molar-refractivity contribution in [3.05, 3.63) is 29.3 Å². The number of amides is 1. The summed E-state index contributed by atoms with van der Waals surface area (Å²) in [6.07, 6.45) is 0.944. The van der Waals surface area contributed by atoms with Crippen molar-refractivity contribution in [1.82, 2.24) is 10.3 Å². The van der Waals surface area contributed by atoms with Gasteiger partial charge in [-0.15, -0.1) is 11.3 Å². The maximum atomic E-state index is 12.4. The molecule has 1 amide bonds. The normalized spacial score (nSPS) is 17.5. The molecule has 27 heavy (non-hydrogen) atoms. The van der Waals surface area contributed by atoms with Crippen LogP contribution in [0.5, 0.6) is 11.5 Å². The van der Waals surface area contributed by atoms with Gasteiger partial charge >= 0.3 is 5.97 Å². The van der Waals surface area contributed by atoms with Crippen molar-refractivity contribution in [2.45, 2.75) is 24.8 Å². The van der Waals surface area contributed by atoms with Crippen LogP contribution in [0.15, 0.2) is 23.6 Å². The highest BCUT2D eigenvalue weighted by Crippen LogP contribution is 2.36. The molecular weight excluding hydrogens is 388 g/mol. The number of carboxylic acid groups (broad SMARTS) is 1. The van der Waals surface area contributed by atoms with Crippen LogP contribution in [-0.4, -0.2) is 45.8 Å². The van der Waals surface area contributed by atoms with Crippen molar-refractivity contribution in [3.63, 3.8) is 0 Å². The molecule has 0 atom stereocenters. The van der Waals surface area contributed by atoms with Gasteiger partial charge in [0.15, 0.2) is 11.5 Å². The minimum absolute atomic E-state index is 0.0588. The highest BCUT2D eigenvalue weighted by molar-refractivity contribution is 7.99. The van der Waals surface area contributed by atoms with E-state index in [1.165, 1.54) is 11.3 Å². The Balaban J connectivity index is 1.44. The van der Waals surface area contributed by atoms with Gasteiger partial charge < -0.3 is 19.9 Å². The van der Waals surface area contributed by atoms with Gasteiger partial charge in [0.25, 0.3) is 0 Å². The van der Waals surface area contributed by atoms with Gasteiger partial charge in [-0.3, -0.25) is 4.79 Å². The molecule has 2 N–H and O–H groups in total. The number of hydrogen-bond donors (Lipinski definition) is 2. The summed E-state index contributed by atoms with van der Waals surface area (Å²) >= 11 is 3.14. The first-order chi connectivity index (χ1) is 13.1. The number of carboxylic acids is 1. The van der Waals surface area contributed by atoms with Crippen molar-refractivity contribution in [2.75, 3.05) is 18.3 Å². The van der Waals surface area contributed by atoms with E-state index in [-0.39, 0.29) is 19.1 Å². The van der Waals surface area contributed by atoms with Crippen LogP contribution >= 0.6 is 23.1 Å². The maximum Gasteiger partial charge on any atom is 0.329 e. The number of thiazole rings is 1. The lowest BCUT2D eigenvalue weighted by Gasteiger charge is -2.33. The standard InChI is InChI=1S/C18H18N2O5S2/c21-15(20-18(17(22)23)3-5-26-6-4-18)8-12-9-27-16(19-12)11-1-2-13-14(7-11)25-10-24-13/h1-2,7,9H,3-6,8,10H2,(H,20,21)(H,22,23). The molecule has 3 heterocycles. The minimum Gasteiger partial charge on any atom is -0.480 e. The van der Waals surface area contributed by atoms with Gasteiger partial charge in [-0.05, 0) is 42.5 Å². The molecule has 2 aromatic rings. The number of nitrogens with zero attached hydrogens (tertiary/aromatic N) is 1. The van der Waals surface area contributed by atoms with E-state index in [0.29, 0.717) is 30.0 Å². The van der Waals surface area contributed by atoms with Crippen LogP contribution in [0.1, 0.15) is 18.5 Å². The van der Waals surface area contributed by atoms with Gasteiger partial charge in [-0.1, -0.05) is 0 Å². The van der Waals surface area contributed by atoms with E-state index in [0.717, 1.165) is 22.1 Å². The molecule has 1 fully saturated rings. The van der Waals surface area contributed by atoms with E-state index < -0.39 is 11.5 Å². The summed E-state index contributed by atoms with van der Waals surface area (Å²) in [6.45, 7) is 0.214. The first-order valence-corrected chi connectivity index (χ1v) is 10.6. The second-order valence-corrected chi connectivity index (χ2v) is 8.52. The molecule has 1 aromatic heterocycles. The summed E-state index contributed by atoms with van der Waals surface area (Å²) in [5.41, 5.74) is 0.358. The molecule has 0 saturated carbocycles. The Bertz CT molecular complexity index is 876. The van der Waals surface area contributed by atoms with Crippen molar-refractivity contribution < 1.29 is 24.2 Å². The number of ether oxygens (including phenoxy) is 2. The first kappa shape index (κ1) is 18.1. The Hall–Kier alpha value is -2.26. The number of aromatic nitrogens is 1. The fraction of sp³-hybridized carbons (Fsp3) is 0.389. The Morgan fingerprint density at radius 3 is 2.78 bits per heavy atom. The smallest absolute Gasteiger partial charge is 0.329 e. The zero-order chi connectivity index (χ0) is 18.9. The SMILES string of the molecule is O=C(Cc1csc(-c2ccc3c(c2)OCO3)n1)NC1(C(=O)O)CCSCC1. The lowest BCUT2D eigenvalue weighted by atomic mass is 9.92. The van der Waals surface area contributed by atoms with Crippen LogP contribution < -0.4 is 14.8 Å². The largest absolute Gasteiger partial charge is 0.480 e. The molecule has 2 aliphatic rings. The van der Waals surface area contributed by atoms with Crippen LogP contribution in [-0.2, 0) is 16.0 Å². The fourth-order valence-corrected chi connectivity index (χ4v) is 5.14. The average molecular weight is 406 g/mol. The summed E-state index contributed by atoms with van der Waals surface area (Å²) in [6, 6.07) is 5.60. The molecule has 0 bridgehead atoms.